The molecule has 2 aromatic rings. The fourth-order valence-corrected chi connectivity index (χ4v) is 1.34. The Hall–Kier alpha value is -2.48. The first-order chi connectivity index (χ1) is 8.17. The summed E-state index contributed by atoms with van der Waals surface area (Å²) in [7, 11) is 0. The van der Waals surface area contributed by atoms with Gasteiger partial charge in [-0.15, -0.1) is 0 Å². The minimum absolute atomic E-state index is 0.229. The maximum absolute atomic E-state index is 12.9. The Morgan fingerprint density at radius 2 is 1.82 bits per heavy atom. The average Bonchev–Trinajstić information content (AvgIpc) is 2.28. The molecule has 0 amide bonds. The lowest BCUT2D eigenvalue weighted by molar-refractivity contribution is 0.584. The first kappa shape index (κ1) is 11.0. The highest BCUT2D eigenvalue weighted by molar-refractivity contribution is 5.56. The lowest BCUT2D eigenvalue weighted by Crippen LogP contribution is -1.96. The molecule has 1 aromatic carbocycles. The molecule has 3 nitrogen and oxygen atoms in total. The second-order valence-corrected chi connectivity index (χ2v) is 3.30. The molecule has 1 heterocycles. The van der Waals surface area contributed by atoms with Crippen LogP contribution >= 0.6 is 0 Å². The first-order valence-electron chi connectivity index (χ1n) is 4.77. The van der Waals surface area contributed by atoms with Crippen LogP contribution in [-0.4, -0.2) is 4.98 Å². The zero-order chi connectivity index (χ0) is 12.3. The largest absolute Gasteiger partial charge is 0.340 e. The van der Waals surface area contributed by atoms with Crippen LogP contribution in [0.25, 0.3) is 0 Å². The van der Waals surface area contributed by atoms with Crippen molar-refractivity contribution in [2.75, 3.05) is 5.32 Å². The number of hydrogen-bond donors (Lipinski definition) is 1. The van der Waals surface area contributed by atoms with Gasteiger partial charge in [-0.25, -0.2) is 13.8 Å². The SMILES string of the molecule is N#Cc1cccc(Nc2cc(F)cc(F)c2)n1. The zero-order valence-electron chi connectivity index (χ0n) is 8.61. The molecular weight excluding hydrogens is 224 g/mol. The molecule has 0 radical (unpaired) electrons. The van der Waals surface area contributed by atoms with Crippen LogP contribution < -0.4 is 5.32 Å². The Morgan fingerprint density at radius 3 is 2.47 bits per heavy atom. The topological polar surface area (TPSA) is 48.7 Å². The lowest BCUT2D eigenvalue weighted by atomic mass is 10.3. The fraction of sp³-hybridized carbons (Fsp3) is 0. The average molecular weight is 231 g/mol. The molecule has 0 bridgehead atoms. The third-order valence-corrected chi connectivity index (χ3v) is 2.00. The van der Waals surface area contributed by atoms with E-state index < -0.39 is 11.6 Å². The molecule has 0 aliphatic rings. The van der Waals surface area contributed by atoms with Gasteiger partial charge in [-0.1, -0.05) is 6.07 Å². The summed E-state index contributed by atoms with van der Waals surface area (Å²) in [5.41, 5.74) is 0.469. The predicted octanol–water partition coefficient (Wildman–Crippen LogP) is 2.98. The second kappa shape index (κ2) is 4.58. The summed E-state index contributed by atoms with van der Waals surface area (Å²) in [5, 5.41) is 11.4. The summed E-state index contributed by atoms with van der Waals surface area (Å²) in [5.74, 6) is -0.998. The monoisotopic (exact) mass is 231 g/mol. The minimum Gasteiger partial charge on any atom is -0.340 e. The van der Waals surface area contributed by atoms with Crippen molar-refractivity contribution >= 4 is 11.5 Å². The van der Waals surface area contributed by atoms with Crippen LogP contribution in [0, 0.1) is 23.0 Å². The smallest absolute Gasteiger partial charge is 0.142 e. The molecule has 0 unspecified atom stereocenters. The Kier molecular flexibility index (Phi) is 2.97. The highest BCUT2D eigenvalue weighted by Crippen LogP contribution is 2.17. The number of rotatable bonds is 2. The molecule has 17 heavy (non-hydrogen) atoms. The number of aromatic nitrogens is 1. The Morgan fingerprint density at radius 1 is 1.12 bits per heavy atom. The summed E-state index contributed by atoms with van der Waals surface area (Å²) in [6.45, 7) is 0. The van der Waals surface area contributed by atoms with Gasteiger partial charge >= 0.3 is 0 Å². The van der Waals surface area contributed by atoms with E-state index in [-0.39, 0.29) is 11.4 Å². The number of benzene rings is 1. The lowest BCUT2D eigenvalue weighted by Gasteiger charge is -2.05. The molecule has 0 aliphatic carbocycles. The summed E-state index contributed by atoms with van der Waals surface area (Å²) in [4.78, 5) is 3.93. The molecule has 1 aromatic heterocycles. The normalized spacial score (nSPS) is 9.71. The van der Waals surface area contributed by atoms with Gasteiger partial charge in [0.1, 0.15) is 29.2 Å². The molecule has 0 atom stereocenters. The summed E-state index contributed by atoms with van der Waals surface area (Å²) in [6, 6.07) is 9.71. The van der Waals surface area contributed by atoms with Crippen molar-refractivity contribution in [1.29, 1.82) is 5.26 Å². The molecule has 84 valence electrons. The highest BCUT2D eigenvalue weighted by Gasteiger charge is 2.02. The maximum Gasteiger partial charge on any atom is 0.142 e. The number of halogens is 2. The van der Waals surface area contributed by atoms with Crippen molar-refractivity contribution in [3.8, 4) is 6.07 Å². The van der Waals surface area contributed by atoms with E-state index in [1.54, 1.807) is 12.1 Å². The van der Waals surface area contributed by atoms with Crippen LogP contribution in [-0.2, 0) is 0 Å². The number of nitrogens with zero attached hydrogens (tertiary/aromatic N) is 2. The van der Waals surface area contributed by atoms with E-state index in [9.17, 15) is 8.78 Å². The van der Waals surface area contributed by atoms with E-state index >= 15 is 0 Å². The van der Waals surface area contributed by atoms with Crippen LogP contribution in [0.1, 0.15) is 5.69 Å². The van der Waals surface area contributed by atoms with Gasteiger partial charge < -0.3 is 5.32 Å². The van der Waals surface area contributed by atoms with Crippen LogP contribution in [0.15, 0.2) is 36.4 Å². The van der Waals surface area contributed by atoms with E-state index in [2.05, 4.69) is 10.3 Å². The Labute approximate surface area is 96.3 Å². The number of pyridine rings is 1. The number of hydrogen-bond acceptors (Lipinski definition) is 3. The van der Waals surface area contributed by atoms with Crippen molar-refractivity contribution in [1.82, 2.24) is 4.98 Å². The number of anilines is 2. The van der Waals surface area contributed by atoms with Crippen LogP contribution in [0.4, 0.5) is 20.3 Å². The Balaban J connectivity index is 2.28. The summed E-state index contributed by atoms with van der Waals surface area (Å²) in [6.07, 6.45) is 0. The molecule has 2 rings (SSSR count). The molecule has 0 saturated heterocycles. The van der Waals surface area contributed by atoms with Crippen molar-refractivity contribution in [2.45, 2.75) is 0 Å². The van der Waals surface area contributed by atoms with Crippen LogP contribution in [0.2, 0.25) is 0 Å². The van der Waals surface area contributed by atoms with Crippen LogP contribution in [0.5, 0.6) is 0 Å². The van der Waals surface area contributed by atoms with E-state index in [4.69, 9.17) is 5.26 Å². The first-order valence-corrected chi connectivity index (χ1v) is 4.77. The van der Waals surface area contributed by atoms with E-state index in [1.807, 2.05) is 6.07 Å². The predicted molar refractivity (Wildman–Crippen MR) is 58.6 cm³/mol. The highest BCUT2D eigenvalue weighted by atomic mass is 19.1. The van der Waals surface area contributed by atoms with E-state index in [0.29, 0.717) is 5.82 Å². The second-order valence-electron chi connectivity index (χ2n) is 3.30. The number of nitriles is 1. The third kappa shape index (κ3) is 2.75. The van der Waals surface area contributed by atoms with Gasteiger partial charge in [0.25, 0.3) is 0 Å². The standard InChI is InChI=1S/C12H7F2N3/c13-8-4-9(14)6-11(5-8)17-12-3-1-2-10(7-15)16-12/h1-6H,(H,16,17). The molecule has 0 aliphatic heterocycles. The van der Waals surface area contributed by atoms with Gasteiger partial charge in [0.15, 0.2) is 0 Å². The summed E-state index contributed by atoms with van der Waals surface area (Å²) < 4.78 is 25.8. The van der Waals surface area contributed by atoms with Gasteiger partial charge in [0.2, 0.25) is 0 Å². The van der Waals surface area contributed by atoms with Crippen molar-refractivity contribution in [3.63, 3.8) is 0 Å². The zero-order valence-corrected chi connectivity index (χ0v) is 8.61. The van der Waals surface area contributed by atoms with E-state index in [0.717, 1.165) is 18.2 Å². The van der Waals surface area contributed by atoms with Gasteiger partial charge in [-0.05, 0) is 24.3 Å². The van der Waals surface area contributed by atoms with Crippen molar-refractivity contribution < 1.29 is 8.78 Å². The van der Waals surface area contributed by atoms with Gasteiger partial charge in [0.05, 0.1) is 0 Å². The number of nitrogens with one attached hydrogen (secondary N) is 1. The van der Waals surface area contributed by atoms with Crippen molar-refractivity contribution in [2.24, 2.45) is 0 Å². The molecule has 5 heteroatoms. The van der Waals surface area contributed by atoms with Crippen LogP contribution in [0.3, 0.4) is 0 Å². The quantitative estimate of drug-likeness (QED) is 0.864. The Bertz CT molecular complexity index is 570. The maximum atomic E-state index is 12.9. The molecule has 1 N–H and O–H groups in total. The van der Waals surface area contributed by atoms with Gasteiger partial charge in [-0.3, -0.25) is 0 Å². The fourth-order valence-electron chi connectivity index (χ4n) is 1.34. The molecule has 0 fully saturated rings. The summed E-state index contributed by atoms with van der Waals surface area (Å²) >= 11 is 0. The van der Waals surface area contributed by atoms with E-state index in [1.165, 1.54) is 6.07 Å². The van der Waals surface area contributed by atoms with Gasteiger partial charge in [0, 0.05) is 11.8 Å². The van der Waals surface area contributed by atoms with Crippen molar-refractivity contribution in [3.05, 3.63) is 53.7 Å². The third-order valence-electron chi connectivity index (χ3n) is 2.00. The van der Waals surface area contributed by atoms with Gasteiger partial charge in [-0.2, -0.15) is 5.26 Å². The molecule has 0 saturated carbocycles. The molecular formula is C12H7F2N3. The minimum atomic E-state index is -0.677. The molecule has 0 spiro atoms.